The van der Waals surface area contributed by atoms with Gasteiger partial charge in [-0.3, -0.25) is 19.0 Å². The van der Waals surface area contributed by atoms with Crippen LogP contribution in [0, 0.1) is 0 Å². The lowest BCUT2D eigenvalue weighted by Gasteiger charge is -2.08. The zero-order valence-corrected chi connectivity index (χ0v) is 19.2. The van der Waals surface area contributed by atoms with E-state index in [0.29, 0.717) is 27.2 Å². The smallest absolute Gasteiger partial charge is 0.279 e. The average molecular weight is 499 g/mol. The zero-order valence-electron chi connectivity index (χ0n) is 17.6. The highest BCUT2D eigenvalue weighted by Gasteiger charge is 2.20. The Balaban J connectivity index is 1.32. The number of hydrogen-bond donors (Lipinski definition) is 3. The number of aromatic nitrogens is 2. The lowest BCUT2D eigenvalue weighted by Crippen LogP contribution is -2.34. The molecular weight excluding hydrogens is 480 g/mol. The van der Waals surface area contributed by atoms with Crippen molar-refractivity contribution in [1.82, 2.24) is 19.6 Å². The Kier molecular flexibility index (Phi) is 6.53. The van der Waals surface area contributed by atoms with E-state index in [-0.39, 0.29) is 23.6 Å². The summed E-state index contributed by atoms with van der Waals surface area (Å²) >= 11 is 5.91. The van der Waals surface area contributed by atoms with Crippen LogP contribution in [0.4, 0.5) is 0 Å². The number of hydrogen-bond acceptors (Lipinski definition) is 5. The van der Waals surface area contributed by atoms with Gasteiger partial charge in [0, 0.05) is 52.4 Å². The number of halogens is 1. The molecule has 0 fully saturated rings. The molecule has 0 aliphatic rings. The number of nitrogens with zero attached hydrogens (tertiary/aromatic N) is 1. The molecule has 34 heavy (non-hydrogen) atoms. The monoisotopic (exact) mass is 498 g/mol. The van der Waals surface area contributed by atoms with Gasteiger partial charge in [-0.2, -0.15) is 8.42 Å². The second kappa shape index (κ2) is 9.54. The minimum absolute atomic E-state index is 0.0671. The van der Waals surface area contributed by atoms with Crippen LogP contribution in [0.15, 0.2) is 82.7 Å². The van der Waals surface area contributed by atoms with Gasteiger partial charge in [0.2, 0.25) is 5.91 Å². The van der Waals surface area contributed by atoms with E-state index in [0.717, 1.165) is 0 Å². The minimum atomic E-state index is -4.11. The molecule has 2 heterocycles. The topological polar surface area (TPSA) is 130 Å². The molecule has 0 unspecified atom stereocenters. The second-order valence-electron chi connectivity index (χ2n) is 7.36. The number of benzene rings is 2. The van der Waals surface area contributed by atoms with Crippen molar-refractivity contribution in [1.29, 1.82) is 0 Å². The second-order valence-corrected chi connectivity index (χ2v) is 9.44. The normalized spacial score (nSPS) is 11.3. The third kappa shape index (κ3) is 5.19. The SMILES string of the molecule is O=C(CCNC(=O)c1ccc(-n2ccccc2=O)cc1)NS(=O)(=O)c1cc2ccc(Cl)cc2[nH]1. The molecule has 0 radical (unpaired) electrons. The molecule has 0 saturated carbocycles. The Morgan fingerprint density at radius 1 is 1.00 bits per heavy atom. The van der Waals surface area contributed by atoms with Gasteiger partial charge in [0.15, 0.2) is 5.03 Å². The van der Waals surface area contributed by atoms with E-state index >= 15 is 0 Å². The number of aromatic amines is 1. The molecule has 2 amide bonds. The number of rotatable bonds is 7. The van der Waals surface area contributed by atoms with Crippen LogP contribution >= 0.6 is 11.6 Å². The summed E-state index contributed by atoms with van der Waals surface area (Å²) in [4.78, 5) is 39.1. The molecule has 0 aliphatic carbocycles. The summed E-state index contributed by atoms with van der Waals surface area (Å²) in [5, 5.41) is 3.48. The van der Waals surface area contributed by atoms with Crippen molar-refractivity contribution in [3.8, 4) is 5.69 Å². The molecule has 4 aromatic rings. The van der Waals surface area contributed by atoms with Crippen molar-refractivity contribution in [2.75, 3.05) is 6.54 Å². The summed E-state index contributed by atoms with van der Waals surface area (Å²) in [6, 6.07) is 17.4. The highest BCUT2D eigenvalue weighted by Crippen LogP contribution is 2.22. The summed E-state index contributed by atoms with van der Waals surface area (Å²) in [7, 11) is -4.11. The van der Waals surface area contributed by atoms with E-state index in [2.05, 4.69) is 10.3 Å². The predicted octanol–water partition coefficient (Wildman–Crippen LogP) is 2.60. The fraction of sp³-hybridized carbons (Fsp3) is 0.0870. The van der Waals surface area contributed by atoms with Gasteiger partial charge in [0.05, 0.1) is 0 Å². The van der Waals surface area contributed by atoms with E-state index < -0.39 is 21.8 Å². The lowest BCUT2D eigenvalue weighted by atomic mass is 10.2. The maximum atomic E-state index is 12.5. The highest BCUT2D eigenvalue weighted by atomic mass is 35.5. The van der Waals surface area contributed by atoms with Gasteiger partial charge in [-0.15, -0.1) is 0 Å². The van der Waals surface area contributed by atoms with E-state index in [4.69, 9.17) is 11.6 Å². The van der Waals surface area contributed by atoms with E-state index in [1.807, 2.05) is 4.72 Å². The van der Waals surface area contributed by atoms with Crippen LogP contribution in [0.25, 0.3) is 16.6 Å². The van der Waals surface area contributed by atoms with Crippen molar-refractivity contribution >= 4 is 44.3 Å². The predicted molar refractivity (Wildman–Crippen MR) is 128 cm³/mol. The summed E-state index contributed by atoms with van der Waals surface area (Å²) in [5.74, 6) is -1.20. The molecule has 11 heteroatoms. The van der Waals surface area contributed by atoms with Crippen molar-refractivity contribution in [3.63, 3.8) is 0 Å². The first kappa shape index (κ1) is 23.3. The molecule has 3 N–H and O–H groups in total. The van der Waals surface area contributed by atoms with Crippen LogP contribution in [0.1, 0.15) is 16.8 Å². The average Bonchev–Trinajstić information content (AvgIpc) is 3.23. The quantitative estimate of drug-likeness (QED) is 0.360. The molecule has 2 aromatic heterocycles. The highest BCUT2D eigenvalue weighted by molar-refractivity contribution is 7.90. The molecule has 9 nitrogen and oxygen atoms in total. The van der Waals surface area contributed by atoms with Gasteiger partial charge in [0.1, 0.15) is 0 Å². The molecule has 0 aliphatic heterocycles. The van der Waals surface area contributed by atoms with E-state index in [9.17, 15) is 22.8 Å². The van der Waals surface area contributed by atoms with Gasteiger partial charge in [-0.25, -0.2) is 4.72 Å². The van der Waals surface area contributed by atoms with Crippen molar-refractivity contribution < 1.29 is 18.0 Å². The first-order valence-corrected chi connectivity index (χ1v) is 12.0. The molecular formula is C23H19ClN4O5S. The molecule has 174 valence electrons. The van der Waals surface area contributed by atoms with Gasteiger partial charge in [-0.05, 0) is 48.5 Å². The number of fused-ring (bicyclic) bond motifs is 1. The Hall–Kier alpha value is -3.89. The zero-order chi connectivity index (χ0) is 24.3. The van der Waals surface area contributed by atoms with Crippen molar-refractivity contribution in [2.24, 2.45) is 0 Å². The van der Waals surface area contributed by atoms with Crippen LogP contribution < -0.4 is 15.6 Å². The first-order chi connectivity index (χ1) is 16.2. The largest absolute Gasteiger partial charge is 0.352 e. The number of carbonyl (C=O) groups is 2. The summed E-state index contributed by atoms with van der Waals surface area (Å²) < 4.78 is 28.4. The fourth-order valence-corrected chi connectivity index (χ4v) is 4.49. The first-order valence-electron chi connectivity index (χ1n) is 10.1. The Bertz CT molecular complexity index is 1540. The summed E-state index contributed by atoms with van der Waals surface area (Å²) in [6.07, 6.45) is 1.38. The molecule has 0 saturated heterocycles. The third-order valence-electron chi connectivity index (χ3n) is 4.97. The number of carbonyl (C=O) groups excluding carboxylic acids is 2. The number of pyridine rings is 1. The van der Waals surface area contributed by atoms with Crippen LogP contribution in [-0.2, 0) is 14.8 Å². The Labute approximate surface area is 199 Å². The summed E-state index contributed by atoms with van der Waals surface area (Å²) in [5.41, 5.74) is 1.26. The Morgan fingerprint density at radius 2 is 1.76 bits per heavy atom. The minimum Gasteiger partial charge on any atom is -0.352 e. The third-order valence-corrected chi connectivity index (χ3v) is 6.50. The van der Waals surface area contributed by atoms with Gasteiger partial charge < -0.3 is 10.3 Å². The van der Waals surface area contributed by atoms with E-state index in [1.54, 1.807) is 60.8 Å². The number of nitrogens with one attached hydrogen (secondary N) is 3. The maximum Gasteiger partial charge on any atom is 0.279 e. The fourth-order valence-electron chi connectivity index (χ4n) is 3.28. The molecule has 0 atom stereocenters. The van der Waals surface area contributed by atoms with E-state index in [1.165, 1.54) is 16.7 Å². The van der Waals surface area contributed by atoms with Crippen LogP contribution in [0.3, 0.4) is 0 Å². The number of H-pyrrole nitrogens is 1. The van der Waals surface area contributed by atoms with Gasteiger partial charge in [0.25, 0.3) is 21.5 Å². The summed E-state index contributed by atoms with van der Waals surface area (Å²) in [6.45, 7) is -0.0671. The van der Waals surface area contributed by atoms with Crippen molar-refractivity contribution in [2.45, 2.75) is 11.4 Å². The molecule has 0 bridgehead atoms. The lowest BCUT2D eigenvalue weighted by molar-refractivity contribution is -0.119. The molecule has 2 aromatic carbocycles. The van der Waals surface area contributed by atoms with Crippen LogP contribution in [0.2, 0.25) is 5.02 Å². The molecule has 0 spiro atoms. The van der Waals surface area contributed by atoms with Gasteiger partial charge >= 0.3 is 0 Å². The molecule has 4 rings (SSSR count). The number of amides is 2. The van der Waals surface area contributed by atoms with Crippen LogP contribution in [-0.4, -0.2) is 36.3 Å². The standard InChI is InChI=1S/C23H19ClN4O5S/c24-17-7-4-16-13-21(26-19(16)14-17)34(32,33)27-20(29)10-11-25-23(31)15-5-8-18(9-6-15)28-12-2-1-3-22(28)30/h1-9,12-14,26H,10-11H2,(H,25,31)(H,27,29). The van der Waals surface area contributed by atoms with Crippen LogP contribution in [0.5, 0.6) is 0 Å². The maximum absolute atomic E-state index is 12.5. The van der Waals surface area contributed by atoms with Gasteiger partial charge in [-0.1, -0.05) is 23.7 Å². The Morgan fingerprint density at radius 3 is 2.50 bits per heavy atom. The van der Waals surface area contributed by atoms with Crippen molar-refractivity contribution in [3.05, 3.63) is 93.9 Å². The number of sulfonamides is 1.